The van der Waals surface area contributed by atoms with E-state index in [1.807, 2.05) is 0 Å². The molecule has 1 N–H and O–H groups in total. The highest BCUT2D eigenvalue weighted by molar-refractivity contribution is 6.31. The molecular formula is C14H11ClFNO2. The number of benzene rings is 1. The lowest BCUT2D eigenvalue weighted by Crippen LogP contribution is -2.15. The second-order valence-corrected chi connectivity index (χ2v) is 4.54. The van der Waals surface area contributed by atoms with E-state index in [1.165, 1.54) is 12.3 Å². The third-order valence-corrected chi connectivity index (χ3v) is 3.12. The second kappa shape index (κ2) is 5.80. The van der Waals surface area contributed by atoms with Crippen molar-refractivity contribution in [3.05, 3.63) is 64.7 Å². The molecule has 0 radical (unpaired) electrons. The van der Waals surface area contributed by atoms with Crippen LogP contribution in [0, 0.1) is 5.82 Å². The van der Waals surface area contributed by atoms with Gasteiger partial charge in [-0.25, -0.2) is 4.39 Å². The minimum absolute atomic E-state index is 0.143. The molecule has 1 unspecified atom stereocenters. The summed E-state index contributed by atoms with van der Waals surface area (Å²) >= 11 is 6.01. The van der Waals surface area contributed by atoms with E-state index in [0.717, 1.165) is 6.20 Å². The average Bonchev–Trinajstić information content (AvgIpc) is 2.37. The molecule has 0 amide bonds. The molecule has 0 aliphatic carbocycles. The molecule has 19 heavy (non-hydrogen) atoms. The Morgan fingerprint density at radius 2 is 2.11 bits per heavy atom. The normalized spacial score (nSPS) is 12.1. The van der Waals surface area contributed by atoms with Gasteiger partial charge in [-0.05, 0) is 29.7 Å². The summed E-state index contributed by atoms with van der Waals surface area (Å²) in [5.41, 5.74) is 1.04. The summed E-state index contributed by atoms with van der Waals surface area (Å²) in [5, 5.41) is 9.70. The Bertz CT molecular complexity index is 604. The largest absolute Gasteiger partial charge is 0.481 e. The molecule has 5 heteroatoms. The maximum atomic E-state index is 13.1. The van der Waals surface area contributed by atoms with E-state index in [1.54, 1.807) is 24.3 Å². The van der Waals surface area contributed by atoms with Crippen molar-refractivity contribution in [2.75, 3.05) is 0 Å². The number of aromatic nitrogens is 1. The number of carboxylic acids is 1. The van der Waals surface area contributed by atoms with Crippen LogP contribution in [-0.4, -0.2) is 16.1 Å². The van der Waals surface area contributed by atoms with Crippen LogP contribution in [-0.2, 0) is 11.2 Å². The highest BCUT2D eigenvalue weighted by Gasteiger charge is 2.22. The first-order valence-electron chi connectivity index (χ1n) is 5.64. The SMILES string of the molecule is O=C(O)C(Cc1cncc(F)c1)c1ccccc1Cl. The predicted molar refractivity (Wildman–Crippen MR) is 69.7 cm³/mol. The highest BCUT2D eigenvalue weighted by atomic mass is 35.5. The fourth-order valence-electron chi connectivity index (χ4n) is 1.89. The van der Waals surface area contributed by atoms with Crippen LogP contribution in [0.15, 0.2) is 42.7 Å². The summed E-state index contributed by atoms with van der Waals surface area (Å²) in [5.74, 6) is -2.31. The molecule has 0 aliphatic rings. The number of hydrogen-bond donors (Lipinski definition) is 1. The third kappa shape index (κ3) is 3.29. The highest BCUT2D eigenvalue weighted by Crippen LogP contribution is 2.27. The van der Waals surface area contributed by atoms with Gasteiger partial charge in [-0.15, -0.1) is 0 Å². The summed E-state index contributed by atoms with van der Waals surface area (Å²) in [6, 6.07) is 8.03. The van der Waals surface area contributed by atoms with Gasteiger partial charge in [0.1, 0.15) is 5.82 Å². The van der Waals surface area contributed by atoms with Crippen molar-refractivity contribution in [2.24, 2.45) is 0 Å². The van der Waals surface area contributed by atoms with Gasteiger partial charge >= 0.3 is 5.97 Å². The zero-order valence-electron chi connectivity index (χ0n) is 9.88. The molecular weight excluding hydrogens is 269 g/mol. The number of pyridine rings is 1. The topological polar surface area (TPSA) is 50.2 Å². The van der Waals surface area contributed by atoms with E-state index in [9.17, 15) is 14.3 Å². The van der Waals surface area contributed by atoms with Crippen LogP contribution in [0.4, 0.5) is 4.39 Å². The van der Waals surface area contributed by atoms with Gasteiger partial charge in [0, 0.05) is 11.2 Å². The monoisotopic (exact) mass is 279 g/mol. The number of carboxylic acid groups (broad SMARTS) is 1. The molecule has 0 aliphatic heterocycles. The summed E-state index contributed by atoms with van der Waals surface area (Å²) in [4.78, 5) is 15.1. The van der Waals surface area contributed by atoms with E-state index < -0.39 is 17.7 Å². The Morgan fingerprint density at radius 1 is 1.37 bits per heavy atom. The molecule has 2 aromatic rings. The molecule has 0 saturated carbocycles. The van der Waals surface area contributed by atoms with E-state index in [2.05, 4.69) is 4.98 Å². The van der Waals surface area contributed by atoms with Crippen molar-refractivity contribution < 1.29 is 14.3 Å². The van der Waals surface area contributed by atoms with Crippen LogP contribution in [0.2, 0.25) is 5.02 Å². The van der Waals surface area contributed by atoms with E-state index >= 15 is 0 Å². The Morgan fingerprint density at radius 3 is 2.74 bits per heavy atom. The first kappa shape index (κ1) is 13.5. The number of nitrogens with zero attached hydrogens (tertiary/aromatic N) is 1. The molecule has 0 bridgehead atoms. The first-order valence-corrected chi connectivity index (χ1v) is 6.02. The van der Waals surface area contributed by atoms with Gasteiger partial charge in [0.15, 0.2) is 0 Å². The molecule has 2 rings (SSSR count). The zero-order valence-corrected chi connectivity index (χ0v) is 10.6. The molecule has 98 valence electrons. The van der Waals surface area contributed by atoms with Gasteiger partial charge in [0.05, 0.1) is 12.1 Å². The van der Waals surface area contributed by atoms with Crippen molar-refractivity contribution in [3.63, 3.8) is 0 Å². The predicted octanol–water partition coefficient (Wildman–Crippen LogP) is 3.29. The van der Waals surface area contributed by atoms with Crippen LogP contribution in [0.5, 0.6) is 0 Å². The number of halogens is 2. The lowest BCUT2D eigenvalue weighted by atomic mass is 9.92. The van der Waals surface area contributed by atoms with Crippen LogP contribution < -0.4 is 0 Å². The van der Waals surface area contributed by atoms with Gasteiger partial charge in [-0.3, -0.25) is 9.78 Å². The number of hydrogen-bond acceptors (Lipinski definition) is 2. The fourth-order valence-corrected chi connectivity index (χ4v) is 2.16. The van der Waals surface area contributed by atoms with E-state index in [-0.39, 0.29) is 6.42 Å². The van der Waals surface area contributed by atoms with E-state index in [4.69, 9.17) is 11.6 Å². The average molecular weight is 280 g/mol. The summed E-state index contributed by atoms with van der Waals surface area (Å²) in [6.07, 6.45) is 2.68. The molecule has 0 saturated heterocycles. The van der Waals surface area contributed by atoms with Gasteiger partial charge in [0.25, 0.3) is 0 Å². The smallest absolute Gasteiger partial charge is 0.311 e. The first-order chi connectivity index (χ1) is 9.08. The van der Waals surface area contributed by atoms with Crippen molar-refractivity contribution >= 4 is 17.6 Å². The van der Waals surface area contributed by atoms with Gasteiger partial charge in [-0.2, -0.15) is 0 Å². The van der Waals surface area contributed by atoms with Crippen molar-refractivity contribution in [3.8, 4) is 0 Å². The molecule has 1 atom stereocenters. The van der Waals surface area contributed by atoms with Gasteiger partial charge in [0.2, 0.25) is 0 Å². The Kier molecular flexibility index (Phi) is 4.12. The molecule has 0 fully saturated rings. The van der Waals surface area contributed by atoms with Crippen LogP contribution in [0.3, 0.4) is 0 Å². The standard InChI is InChI=1S/C14H11ClFNO2/c15-13-4-2-1-3-11(13)12(14(18)19)6-9-5-10(16)8-17-7-9/h1-5,7-8,12H,6H2,(H,18,19). The van der Waals surface area contributed by atoms with Gasteiger partial charge in [-0.1, -0.05) is 29.8 Å². The van der Waals surface area contributed by atoms with Crippen LogP contribution >= 0.6 is 11.6 Å². The van der Waals surface area contributed by atoms with Crippen molar-refractivity contribution in [2.45, 2.75) is 12.3 Å². The summed E-state index contributed by atoms with van der Waals surface area (Å²) in [7, 11) is 0. The molecule has 1 aromatic heterocycles. The number of carbonyl (C=O) groups is 1. The second-order valence-electron chi connectivity index (χ2n) is 4.13. The Balaban J connectivity index is 2.32. The Hall–Kier alpha value is -1.94. The quantitative estimate of drug-likeness (QED) is 0.934. The van der Waals surface area contributed by atoms with Crippen molar-refractivity contribution in [1.29, 1.82) is 0 Å². The van der Waals surface area contributed by atoms with Crippen LogP contribution in [0.25, 0.3) is 0 Å². The maximum absolute atomic E-state index is 13.1. The van der Waals surface area contributed by atoms with Gasteiger partial charge < -0.3 is 5.11 Å². The third-order valence-electron chi connectivity index (χ3n) is 2.78. The molecule has 3 nitrogen and oxygen atoms in total. The minimum atomic E-state index is -1.00. The van der Waals surface area contributed by atoms with Crippen LogP contribution in [0.1, 0.15) is 17.0 Å². The molecule has 1 aromatic carbocycles. The fraction of sp³-hybridized carbons (Fsp3) is 0.143. The Labute approximate surface area is 114 Å². The summed E-state index contributed by atoms with van der Waals surface area (Å²) < 4.78 is 13.1. The number of rotatable bonds is 4. The van der Waals surface area contributed by atoms with Crippen molar-refractivity contribution in [1.82, 2.24) is 4.98 Å². The lowest BCUT2D eigenvalue weighted by molar-refractivity contribution is -0.138. The van der Waals surface area contributed by atoms with E-state index in [0.29, 0.717) is 16.1 Å². The number of aliphatic carboxylic acids is 1. The minimum Gasteiger partial charge on any atom is -0.481 e. The molecule has 1 heterocycles. The molecule has 0 spiro atoms. The summed E-state index contributed by atoms with van der Waals surface area (Å²) in [6.45, 7) is 0. The lowest BCUT2D eigenvalue weighted by Gasteiger charge is -2.14. The maximum Gasteiger partial charge on any atom is 0.311 e. The zero-order chi connectivity index (χ0) is 13.8.